The molecule has 78 valence electrons. The minimum Gasteiger partial charge on any atom is -0.103 e. The zero-order chi connectivity index (χ0) is 9.94. The number of rotatable bonds is 9. The minimum absolute atomic E-state index is 0.860. The second-order valence-electron chi connectivity index (χ2n) is 3.77. The molecule has 1 atom stereocenters. The molecule has 0 aromatic heterocycles. The summed E-state index contributed by atoms with van der Waals surface area (Å²) < 4.78 is 0.860. The highest BCUT2D eigenvalue weighted by molar-refractivity contribution is 14.1. The van der Waals surface area contributed by atoms with Crippen molar-refractivity contribution < 1.29 is 0 Å². The van der Waals surface area contributed by atoms with Crippen LogP contribution in [0.1, 0.15) is 58.3 Å². The first-order valence-electron chi connectivity index (χ1n) is 5.52. The number of unbranched alkanes of at least 4 members (excludes halogenated alkanes) is 6. The van der Waals surface area contributed by atoms with Gasteiger partial charge in [-0.05, 0) is 19.3 Å². The maximum Gasteiger partial charge on any atom is 0.00813 e. The van der Waals surface area contributed by atoms with Gasteiger partial charge in [-0.2, -0.15) is 0 Å². The summed E-state index contributed by atoms with van der Waals surface area (Å²) in [7, 11) is 0. The van der Waals surface area contributed by atoms with Gasteiger partial charge in [-0.3, -0.25) is 0 Å². The average Bonchev–Trinajstić information content (AvgIpc) is 2.09. The fraction of sp³-hybridized carbons (Fsp3) is 0.833. The van der Waals surface area contributed by atoms with E-state index in [4.69, 9.17) is 0 Å². The van der Waals surface area contributed by atoms with E-state index in [0.29, 0.717) is 0 Å². The van der Waals surface area contributed by atoms with Gasteiger partial charge in [0.25, 0.3) is 0 Å². The van der Waals surface area contributed by atoms with E-state index < -0.39 is 0 Å². The molecule has 1 unspecified atom stereocenters. The molecule has 0 aromatic rings. The molecular formula is C12H23I. The summed E-state index contributed by atoms with van der Waals surface area (Å²) in [6.45, 7) is 6.02. The normalized spacial score (nSPS) is 12.8. The van der Waals surface area contributed by atoms with Crippen molar-refractivity contribution in [3.63, 3.8) is 0 Å². The molecule has 0 saturated carbocycles. The van der Waals surface area contributed by atoms with E-state index in [9.17, 15) is 0 Å². The van der Waals surface area contributed by atoms with E-state index in [2.05, 4.69) is 36.1 Å². The second-order valence-corrected chi connectivity index (χ2v) is 5.89. The Morgan fingerprint density at radius 1 is 1.08 bits per heavy atom. The van der Waals surface area contributed by atoms with E-state index in [0.717, 1.165) is 3.92 Å². The lowest BCUT2D eigenvalue weighted by Gasteiger charge is -2.02. The van der Waals surface area contributed by atoms with Gasteiger partial charge >= 0.3 is 0 Å². The second kappa shape index (κ2) is 10.6. The van der Waals surface area contributed by atoms with Crippen molar-refractivity contribution in [3.8, 4) is 0 Å². The Morgan fingerprint density at radius 2 is 1.62 bits per heavy atom. The Labute approximate surface area is 97.3 Å². The number of halogens is 1. The van der Waals surface area contributed by atoms with E-state index in [1.54, 1.807) is 0 Å². The molecule has 0 amide bonds. The van der Waals surface area contributed by atoms with Gasteiger partial charge in [0.05, 0.1) is 0 Å². The van der Waals surface area contributed by atoms with Crippen molar-refractivity contribution in [2.24, 2.45) is 0 Å². The molecule has 1 heteroatoms. The van der Waals surface area contributed by atoms with Crippen LogP contribution in [0.5, 0.6) is 0 Å². The van der Waals surface area contributed by atoms with Gasteiger partial charge in [0.1, 0.15) is 0 Å². The SMILES string of the molecule is C=CCCCCCCCCC(C)I. The maximum absolute atomic E-state index is 3.73. The van der Waals surface area contributed by atoms with Crippen molar-refractivity contribution in [2.75, 3.05) is 0 Å². The van der Waals surface area contributed by atoms with Crippen LogP contribution in [0.2, 0.25) is 0 Å². The van der Waals surface area contributed by atoms with Crippen LogP contribution in [0.4, 0.5) is 0 Å². The first-order valence-corrected chi connectivity index (χ1v) is 6.77. The van der Waals surface area contributed by atoms with E-state index >= 15 is 0 Å². The number of hydrogen-bond acceptors (Lipinski definition) is 0. The van der Waals surface area contributed by atoms with Crippen molar-refractivity contribution in [2.45, 2.75) is 62.2 Å². The van der Waals surface area contributed by atoms with Crippen LogP contribution in [-0.4, -0.2) is 3.92 Å². The van der Waals surface area contributed by atoms with Crippen LogP contribution in [-0.2, 0) is 0 Å². The summed E-state index contributed by atoms with van der Waals surface area (Å²) in [6, 6.07) is 0. The van der Waals surface area contributed by atoms with Gasteiger partial charge in [0, 0.05) is 3.92 Å². The van der Waals surface area contributed by atoms with Gasteiger partial charge < -0.3 is 0 Å². The molecule has 0 bridgehead atoms. The summed E-state index contributed by atoms with van der Waals surface area (Å²) in [5.74, 6) is 0. The Kier molecular flexibility index (Phi) is 10.9. The van der Waals surface area contributed by atoms with E-state index in [-0.39, 0.29) is 0 Å². The Morgan fingerprint density at radius 3 is 2.15 bits per heavy atom. The zero-order valence-corrected chi connectivity index (χ0v) is 11.1. The highest BCUT2D eigenvalue weighted by Crippen LogP contribution is 2.13. The quantitative estimate of drug-likeness (QED) is 0.240. The first-order chi connectivity index (χ1) is 6.27. The lowest BCUT2D eigenvalue weighted by Crippen LogP contribution is -1.89. The lowest BCUT2D eigenvalue weighted by molar-refractivity contribution is 0.584. The van der Waals surface area contributed by atoms with Crippen LogP contribution in [0, 0.1) is 0 Å². The Balaban J connectivity index is 2.87. The van der Waals surface area contributed by atoms with Gasteiger partial charge in [0.2, 0.25) is 0 Å². The number of hydrogen-bond donors (Lipinski definition) is 0. The molecule has 0 saturated heterocycles. The number of alkyl halides is 1. The number of allylic oxidation sites excluding steroid dienone is 1. The predicted molar refractivity (Wildman–Crippen MR) is 70.6 cm³/mol. The van der Waals surface area contributed by atoms with Crippen molar-refractivity contribution in [1.82, 2.24) is 0 Å². The van der Waals surface area contributed by atoms with Crippen LogP contribution in [0.25, 0.3) is 0 Å². The molecular weight excluding hydrogens is 271 g/mol. The third kappa shape index (κ3) is 12.5. The fourth-order valence-electron chi connectivity index (χ4n) is 1.42. The molecule has 0 aliphatic carbocycles. The molecule has 13 heavy (non-hydrogen) atoms. The zero-order valence-electron chi connectivity index (χ0n) is 8.90. The highest BCUT2D eigenvalue weighted by Gasteiger charge is 1.95. The molecule has 0 heterocycles. The molecule has 0 aliphatic heterocycles. The lowest BCUT2D eigenvalue weighted by atomic mass is 10.1. The van der Waals surface area contributed by atoms with Crippen LogP contribution < -0.4 is 0 Å². The topological polar surface area (TPSA) is 0 Å². The summed E-state index contributed by atoms with van der Waals surface area (Å²) in [5, 5.41) is 0. The molecule has 0 nitrogen and oxygen atoms in total. The fourth-order valence-corrected chi connectivity index (χ4v) is 1.86. The third-order valence-electron chi connectivity index (χ3n) is 2.26. The smallest absolute Gasteiger partial charge is 0.00813 e. The van der Waals surface area contributed by atoms with E-state index in [1.165, 1.54) is 51.4 Å². The van der Waals surface area contributed by atoms with Crippen LogP contribution >= 0.6 is 22.6 Å². The summed E-state index contributed by atoms with van der Waals surface area (Å²) in [5.41, 5.74) is 0. The summed E-state index contributed by atoms with van der Waals surface area (Å²) in [6.07, 6.45) is 13.1. The van der Waals surface area contributed by atoms with Gasteiger partial charge in [0.15, 0.2) is 0 Å². The molecule has 0 aliphatic rings. The first kappa shape index (κ1) is 13.5. The maximum atomic E-state index is 3.73. The molecule has 0 N–H and O–H groups in total. The van der Waals surface area contributed by atoms with Gasteiger partial charge in [-0.25, -0.2) is 0 Å². The summed E-state index contributed by atoms with van der Waals surface area (Å²) in [4.78, 5) is 0. The minimum atomic E-state index is 0.860. The van der Waals surface area contributed by atoms with Crippen LogP contribution in [0.3, 0.4) is 0 Å². The Bertz CT molecular complexity index is 108. The van der Waals surface area contributed by atoms with E-state index in [1.807, 2.05) is 6.08 Å². The average molecular weight is 294 g/mol. The van der Waals surface area contributed by atoms with Crippen molar-refractivity contribution >= 4 is 22.6 Å². The molecule has 0 fully saturated rings. The van der Waals surface area contributed by atoms with Crippen molar-refractivity contribution in [3.05, 3.63) is 12.7 Å². The highest BCUT2D eigenvalue weighted by atomic mass is 127. The van der Waals surface area contributed by atoms with Gasteiger partial charge in [-0.15, -0.1) is 6.58 Å². The monoisotopic (exact) mass is 294 g/mol. The molecule has 0 rings (SSSR count). The third-order valence-corrected chi connectivity index (χ3v) is 2.88. The van der Waals surface area contributed by atoms with Crippen molar-refractivity contribution in [1.29, 1.82) is 0 Å². The largest absolute Gasteiger partial charge is 0.103 e. The van der Waals surface area contributed by atoms with Crippen LogP contribution in [0.15, 0.2) is 12.7 Å². The Hall–Kier alpha value is 0.470. The molecule has 0 radical (unpaired) electrons. The molecule has 0 aromatic carbocycles. The molecule has 0 spiro atoms. The predicted octanol–water partition coefficient (Wildman–Crippen LogP) is 5.12. The summed E-state index contributed by atoms with van der Waals surface area (Å²) >= 11 is 2.51. The standard InChI is InChI=1S/C12H23I/c1-3-4-5-6-7-8-9-10-11-12(2)13/h3,12H,1,4-11H2,2H3. The van der Waals surface area contributed by atoms with Gasteiger partial charge in [-0.1, -0.05) is 67.7 Å².